The minimum atomic E-state index is -0.109. The number of H-pyrrole nitrogens is 1. The van der Waals surface area contributed by atoms with Crippen LogP contribution in [0, 0.1) is 13.8 Å². The van der Waals surface area contributed by atoms with E-state index >= 15 is 0 Å². The molecule has 0 saturated heterocycles. The molecule has 0 fully saturated rings. The van der Waals surface area contributed by atoms with Crippen molar-refractivity contribution in [2.45, 2.75) is 13.8 Å². The molecule has 0 aliphatic rings. The Morgan fingerprint density at radius 1 is 1.27 bits per heavy atom. The number of fused-ring (bicyclic) bond motifs is 1. The number of hydrogen-bond donors (Lipinski definition) is 2. The van der Waals surface area contributed by atoms with Crippen LogP contribution in [0.3, 0.4) is 0 Å². The van der Waals surface area contributed by atoms with Crippen LogP contribution < -0.4 is 10.3 Å². The topological polar surface area (TPSA) is 75.2 Å². The zero-order valence-corrected chi connectivity index (χ0v) is 13.2. The zero-order chi connectivity index (χ0) is 15.7. The molecule has 2 heterocycles. The van der Waals surface area contributed by atoms with Crippen LogP contribution in [0.25, 0.3) is 21.6 Å². The maximum absolute atomic E-state index is 12.3. The number of thiophene rings is 1. The van der Waals surface area contributed by atoms with Gasteiger partial charge in [0.05, 0.1) is 12.0 Å². The molecule has 1 aromatic carbocycles. The van der Waals surface area contributed by atoms with E-state index in [2.05, 4.69) is 9.97 Å². The summed E-state index contributed by atoms with van der Waals surface area (Å²) in [7, 11) is 0. The first-order chi connectivity index (χ1) is 10.6. The van der Waals surface area contributed by atoms with Gasteiger partial charge in [-0.15, -0.1) is 11.3 Å². The molecule has 6 heteroatoms. The van der Waals surface area contributed by atoms with Gasteiger partial charge in [-0.05, 0) is 43.7 Å². The SMILES string of the molecule is Cc1sc2nc(-c3ccc(OCCO)cc3)[nH]c(=O)c2c1C. The molecule has 0 radical (unpaired) electrons. The molecule has 3 rings (SSSR count). The zero-order valence-electron chi connectivity index (χ0n) is 12.3. The number of aryl methyl sites for hydroxylation is 2. The van der Waals surface area contributed by atoms with E-state index < -0.39 is 0 Å². The van der Waals surface area contributed by atoms with E-state index in [9.17, 15) is 4.79 Å². The maximum atomic E-state index is 12.3. The number of aromatic nitrogens is 2. The van der Waals surface area contributed by atoms with Gasteiger partial charge in [0.2, 0.25) is 0 Å². The summed E-state index contributed by atoms with van der Waals surface area (Å²) in [5.74, 6) is 1.22. The van der Waals surface area contributed by atoms with Crippen LogP contribution in [0.15, 0.2) is 29.1 Å². The third-order valence-corrected chi connectivity index (χ3v) is 4.63. The molecule has 0 atom stereocenters. The highest BCUT2D eigenvalue weighted by Gasteiger charge is 2.12. The van der Waals surface area contributed by atoms with Gasteiger partial charge in [-0.3, -0.25) is 4.79 Å². The van der Waals surface area contributed by atoms with E-state index in [-0.39, 0.29) is 18.8 Å². The smallest absolute Gasteiger partial charge is 0.260 e. The lowest BCUT2D eigenvalue weighted by Crippen LogP contribution is -2.09. The number of nitrogens with one attached hydrogen (secondary N) is 1. The van der Waals surface area contributed by atoms with Gasteiger partial charge in [0.15, 0.2) is 0 Å². The van der Waals surface area contributed by atoms with E-state index in [1.165, 1.54) is 11.3 Å². The molecule has 0 amide bonds. The van der Waals surface area contributed by atoms with E-state index in [4.69, 9.17) is 9.84 Å². The Morgan fingerprint density at radius 3 is 2.68 bits per heavy atom. The Bertz CT molecular complexity index is 865. The predicted molar refractivity (Wildman–Crippen MR) is 87.7 cm³/mol. The average molecular weight is 316 g/mol. The van der Waals surface area contributed by atoms with Gasteiger partial charge in [0.1, 0.15) is 23.0 Å². The van der Waals surface area contributed by atoms with Crippen LogP contribution in [0.5, 0.6) is 5.75 Å². The van der Waals surface area contributed by atoms with Crippen molar-refractivity contribution in [1.82, 2.24) is 9.97 Å². The van der Waals surface area contributed by atoms with E-state index in [0.717, 1.165) is 20.8 Å². The molecule has 3 aromatic rings. The maximum Gasteiger partial charge on any atom is 0.260 e. The molecule has 0 spiro atoms. The van der Waals surface area contributed by atoms with E-state index in [1.807, 2.05) is 26.0 Å². The Balaban J connectivity index is 2.01. The van der Waals surface area contributed by atoms with Gasteiger partial charge in [0, 0.05) is 10.4 Å². The molecular weight excluding hydrogens is 300 g/mol. The highest BCUT2D eigenvalue weighted by molar-refractivity contribution is 7.18. The standard InChI is InChI=1S/C16H16N2O3S/c1-9-10(2)22-16-13(9)15(20)17-14(18-16)11-3-5-12(6-4-11)21-8-7-19/h3-6,19H,7-8H2,1-2H3,(H,17,18,20). The summed E-state index contributed by atoms with van der Waals surface area (Å²) in [4.78, 5) is 21.5. The van der Waals surface area contributed by atoms with Crippen LogP contribution >= 0.6 is 11.3 Å². The number of aliphatic hydroxyl groups excluding tert-OH is 1. The summed E-state index contributed by atoms with van der Waals surface area (Å²) in [6, 6.07) is 7.26. The fourth-order valence-corrected chi connectivity index (χ4v) is 3.29. The lowest BCUT2D eigenvalue weighted by Gasteiger charge is -2.05. The highest BCUT2D eigenvalue weighted by Crippen LogP contribution is 2.27. The summed E-state index contributed by atoms with van der Waals surface area (Å²) in [6.07, 6.45) is 0. The minimum absolute atomic E-state index is 0.0234. The molecule has 2 aromatic heterocycles. The molecule has 0 aliphatic heterocycles. The highest BCUT2D eigenvalue weighted by atomic mass is 32.1. The fourth-order valence-electron chi connectivity index (χ4n) is 2.26. The lowest BCUT2D eigenvalue weighted by atomic mass is 10.2. The van der Waals surface area contributed by atoms with Crippen LogP contribution in [-0.2, 0) is 0 Å². The molecule has 2 N–H and O–H groups in total. The first-order valence-corrected chi connectivity index (χ1v) is 7.76. The van der Waals surface area contributed by atoms with Crippen LogP contribution in [0.4, 0.5) is 0 Å². The third-order valence-electron chi connectivity index (χ3n) is 3.53. The van der Waals surface area contributed by atoms with Crippen LogP contribution in [0.1, 0.15) is 10.4 Å². The molecular formula is C16H16N2O3S. The van der Waals surface area contributed by atoms with Gasteiger partial charge in [-0.25, -0.2) is 4.98 Å². The number of aromatic amines is 1. The molecule has 0 unspecified atom stereocenters. The fraction of sp³-hybridized carbons (Fsp3) is 0.250. The first kappa shape index (κ1) is 14.7. The van der Waals surface area contributed by atoms with Gasteiger partial charge < -0.3 is 14.8 Å². The summed E-state index contributed by atoms with van der Waals surface area (Å²) < 4.78 is 5.32. The second-order valence-corrected chi connectivity index (χ2v) is 6.18. The normalized spacial score (nSPS) is 11.0. The van der Waals surface area contributed by atoms with Gasteiger partial charge >= 0.3 is 0 Å². The number of ether oxygens (including phenoxy) is 1. The number of hydrogen-bond acceptors (Lipinski definition) is 5. The quantitative estimate of drug-likeness (QED) is 0.776. The van der Waals surface area contributed by atoms with Crippen LogP contribution in [-0.4, -0.2) is 28.3 Å². The van der Waals surface area contributed by atoms with E-state index in [0.29, 0.717) is 17.0 Å². The monoisotopic (exact) mass is 316 g/mol. The second-order valence-electron chi connectivity index (χ2n) is 4.97. The Hall–Kier alpha value is -2.18. The Kier molecular flexibility index (Phi) is 3.96. The predicted octanol–water partition coefficient (Wildman–Crippen LogP) is 2.64. The van der Waals surface area contributed by atoms with Gasteiger partial charge in [0.25, 0.3) is 5.56 Å². The Morgan fingerprint density at radius 2 is 2.00 bits per heavy atom. The third kappa shape index (κ3) is 2.63. The molecule has 0 aliphatic carbocycles. The summed E-state index contributed by atoms with van der Waals surface area (Å²) >= 11 is 1.53. The summed E-state index contributed by atoms with van der Waals surface area (Å²) in [5.41, 5.74) is 1.70. The first-order valence-electron chi connectivity index (χ1n) is 6.94. The molecule has 5 nitrogen and oxygen atoms in total. The van der Waals surface area contributed by atoms with Gasteiger partial charge in [-0.1, -0.05) is 0 Å². The minimum Gasteiger partial charge on any atom is -0.491 e. The summed E-state index contributed by atoms with van der Waals surface area (Å²) in [5, 5.41) is 9.42. The number of aliphatic hydroxyl groups is 1. The molecule has 22 heavy (non-hydrogen) atoms. The largest absolute Gasteiger partial charge is 0.491 e. The molecule has 114 valence electrons. The van der Waals surface area contributed by atoms with Crippen LogP contribution in [0.2, 0.25) is 0 Å². The summed E-state index contributed by atoms with van der Waals surface area (Å²) in [6.45, 7) is 4.17. The Labute approximate surface area is 131 Å². The van der Waals surface area contributed by atoms with Crippen molar-refractivity contribution in [2.24, 2.45) is 0 Å². The van der Waals surface area contributed by atoms with Crippen molar-refractivity contribution in [3.8, 4) is 17.1 Å². The van der Waals surface area contributed by atoms with Gasteiger partial charge in [-0.2, -0.15) is 0 Å². The van der Waals surface area contributed by atoms with Crippen molar-refractivity contribution in [3.05, 3.63) is 45.1 Å². The van der Waals surface area contributed by atoms with E-state index in [1.54, 1.807) is 12.1 Å². The molecule has 0 saturated carbocycles. The van der Waals surface area contributed by atoms with Crippen molar-refractivity contribution in [2.75, 3.05) is 13.2 Å². The number of rotatable bonds is 4. The van der Waals surface area contributed by atoms with Crippen molar-refractivity contribution < 1.29 is 9.84 Å². The molecule has 0 bridgehead atoms. The lowest BCUT2D eigenvalue weighted by molar-refractivity contribution is 0.201. The second kappa shape index (κ2) is 5.90. The van der Waals surface area contributed by atoms with Crippen molar-refractivity contribution in [1.29, 1.82) is 0 Å². The van der Waals surface area contributed by atoms with Crippen molar-refractivity contribution in [3.63, 3.8) is 0 Å². The number of nitrogens with zero attached hydrogens (tertiary/aromatic N) is 1. The number of benzene rings is 1. The average Bonchev–Trinajstić information content (AvgIpc) is 2.81. The van der Waals surface area contributed by atoms with Crippen molar-refractivity contribution >= 4 is 21.6 Å².